The number of likely N-dealkylation sites (N-methyl/N-ethyl adjacent to an activating group) is 2. The Morgan fingerprint density at radius 3 is 1.71 bits per heavy atom. The van der Waals surface area contributed by atoms with E-state index in [2.05, 4.69) is 65.0 Å². The van der Waals surface area contributed by atoms with Crippen molar-refractivity contribution in [2.24, 2.45) is 0 Å². The van der Waals surface area contributed by atoms with Crippen molar-refractivity contribution in [1.29, 1.82) is 0 Å². The van der Waals surface area contributed by atoms with Crippen LogP contribution in [0.25, 0.3) is 67.3 Å². The summed E-state index contributed by atoms with van der Waals surface area (Å²) in [7, 11) is 2.95. The Morgan fingerprint density at radius 2 is 1.18 bits per heavy atom. The van der Waals surface area contributed by atoms with Gasteiger partial charge >= 0.3 is 12.4 Å². The van der Waals surface area contributed by atoms with Crippen molar-refractivity contribution in [3.05, 3.63) is 109 Å². The normalized spacial score (nSPS) is 17.3. The van der Waals surface area contributed by atoms with Gasteiger partial charge in [-0.3, -0.25) is 14.4 Å². The molecule has 444 valence electrons. The summed E-state index contributed by atoms with van der Waals surface area (Å²) in [6.07, 6.45) is 9.06. The summed E-state index contributed by atoms with van der Waals surface area (Å²) in [6.45, 7) is 6.43. The van der Waals surface area contributed by atoms with Gasteiger partial charge in [-0.1, -0.05) is 11.6 Å². The second-order valence-corrected chi connectivity index (χ2v) is 21.0. The Bertz CT molecular complexity index is 3830. The quantitative estimate of drug-likeness (QED) is 0.0674. The molecule has 84 heavy (non-hydrogen) atoms. The Hall–Kier alpha value is -9.01. The highest BCUT2D eigenvalue weighted by Crippen LogP contribution is 2.38. The van der Waals surface area contributed by atoms with Gasteiger partial charge < -0.3 is 45.2 Å². The highest BCUT2D eigenvalue weighted by molar-refractivity contribution is 6.31. The van der Waals surface area contributed by atoms with Crippen LogP contribution in [0.4, 0.5) is 43.8 Å². The van der Waals surface area contributed by atoms with Crippen LogP contribution in [0.2, 0.25) is 5.02 Å². The number of hydrogen-bond acceptors (Lipinski definition) is 15. The largest absolute Gasteiger partial charge is 0.406 e. The summed E-state index contributed by atoms with van der Waals surface area (Å²) < 4.78 is 74.9. The fourth-order valence-electron chi connectivity index (χ4n) is 10.3. The van der Waals surface area contributed by atoms with Gasteiger partial charge in [0.05, 0.1) is 5.02 Å². The Kier molecular flexibility index (Phi) is 17.3. The molecule has 2 saturated heterocycles. The van der Waals surface area contributed by atoms with Crippen molar-refractivity contribution >= 4 is 79.9 Å². The summed E-state index contributed by atoms with van der Waals surface area (Å²) in [4.78, 5) is 92.7. The summed E-state index contributed by atoms with van der Waals surface area (Å²) >= 11 is 6.12. The second-order valence-electron chi connectivity index (χ2n) is 20.5. The third kappa shape index (κ3) is 13.1. The zero-order valence-electron chi connectivity index (χ0n) is 46.4. The van der Waals surface area contributed by atoms with Crippen molar-refractivity contribution in [3.8, 4) is 34.2 Å². The van der Waals surface area contributed by atoms with Crippen LogP contribution in [0, 0.1) is 0 Å². The van der Waals surface area contributed by atoms with Gasteiger partial charge in [-0.05, 0) is 102 Å². The summed E-state index contributed by atoms with van der Waals surface area (Å²) in [5.74, 6) is 1.79. The molecule has 2 fully saturated rings. The maximum Gasteiger partial charge on any atom is 0.406 e. The average Bonchev–Trinajstić information content (AvgIpc) is 1.69. The van der Waals surface area contributed by atoms with Crippen LogP contribution in [-0.2, 0) is 14.4 Å². The van der Waals surface area contributed by atoms with Gasteiger partial charge in [0, 0.05) is 125 Å². The van der Waals surface area contributed by atoms with E-state index in [-0.39, 0.29) is 8.76 Å². The Balaban J connectivity index is 0.000000183. The molecule has 2 aliphatic heterocycles. The monoisotopic (exact) mass is 1180 g/mol. The minimum absolute atomic E-state index is 0. The van der Waals surface area contributed by atoms with E-state index in [1.165, 1.54) is 13.1 Å². The summed E-state index contributed by atoms with van der Waals surface area (Å²) in [6, 6.07) is 13.4. The molecule has 28 heteroatoms. The van der Waals surface area contributed by atoms with E-state index in [9.17, 15) is 40.7 Å². The van der Waals surface area contributed by atoms with Crippen molar-refractivity contribution in [3.63, 3.8) is 0 Å². The lowest BCUT2D eigenvalue weighted by Crippen LogP contribution is -2.55. The Labute approximate surface area is 485 Å². The van der Waals surface area contributed by atoms with Crippen molar-refractivity contribution in [2.75, 3.05) is 61.9 Å². The third-order valence-corrected chi connectivity index (χ3v) is 14.8. The van der Waals surface area contributed by atoms with Gasteiger partial charge in [0.1, 0.15) is 64.6 Å². The number of alkyl halides is 6. The molecule has 0 spiro atoms. The first-order valence-corrected chi connectivity index (χ1v) is 27.1. The van der Waals surface area contributed by atoms with E-state index in [1.54, 1.807) is 78.3 Å². The fourth-order valence-corrected chi connectivity index (χ4v) is 10.4. The molecular formula is C56H63ClF6N18O3. The number of hydrogen-bond donors (Lipinski definition) is 5. The van der Waals surface area contributed by atoms with Crippen LogP contribution in [0.3, 0.4) is 0 Å². The topological polar surface area (TPSA) is 252 Å². The van der Waals surface area contributed by atoms with Crippen LogP contribution in [0.15, 0.2) is 104 Å². The lowest BCUT2D eigenvalue weighted by atomic mass is 9.97. The summed E-state index contributed by atoms with van der Waals surface area (Å²) in [5, 5.41) is 7.96. The van der Waals surface area contributed by atoms with Gasteiger partial charge in [0.25, 0.3) is 0 Å². The van der Waals surface area contributed by atoms with Gasteiger partial charge in [-0.2, -0.15) is 26.3 Å². The fraction of sp³-hybridized carbons (Fsp3) is 0.357. The number of carbonyl (C=O) groups is 3. The number of halogens is 7. The smallest absolute Gasteiger partial charge is 0.359 e. The molecule has 0 aliphatic carbocycles. The standard InChI is InChI=1S/C20H23ClN6O.C19H19F3N6O.C17H17F3N6O.2H2/c1-4-26(3)19(28)20(2)7-5-9-27(20)16-6-8-22-18(25-16)15-12-24-17-14(15)10-13(21)11-23-17;1-18(17(29)26-11-19(20,21)22)6-3-9-28(18)14-5-8-24-16(27-14)13-10-25-15-12(13)4-2-7-23-15;1-10(16(27)26(2)9-17(18,19)20)24-13-5-7-22-15(25-13)12-8-23-14-11(12)4-3-6-21-14;;/h6,8,10-12H,4-5,7,9H2,1-3H3,(H,23,24);2,4-5,7-8,10H,3,6,9,11H2,1H3,(H,23,25)(H,26,29);3-8,10H,9H2,1-2H3,(H,21,23)(H,22,24,25);2*1H/t;;10-;;/m..1../s1. The number of aromatic nitrogens is 12. The van der Waals surface area contributed by atoms with Crippen LogP contribution in [-0.4, -0.2) is 164 Å². The highest BCUT2D eigenvalue weighted by atomic mass is 35.5. The number of amides is 3. The number of carbonyl (C=O) groups excluding carboxylic acids is 3. The van der Waals surface area contributed by atoms with E-state index in [4.69, 9.17) is 16.6 Å². The lowest BCUT2D eigenvalue weighted by Gasteiger charge is -2.37. The molecule has 0 radical (unpaired) electrons. The maximum atomic E-state index is 13.0. The van der Waals surface area contributed by atoms with E-state index >= 15 is 0 Å². The minimum atomic E-state index is -4.46. The second kappa shape index (κ2) is 24.4. The Morgan fingerprint density at radius 1 is 0.679 bits per heavy atom. The molecule has 9 aromatic heterocycles. The van der Waals surface area contributed by atoms with Crippen LogP contribution in [0.5, 0.6) is 0 Å². The average molecular weight is 1190 g/mol. The molecule has 3 atom stereocenters. The number of pyridine rings is 3. The molecule has 11 rings (SSSR count). The number of nitrogens with one attached hydrogen (secondary N) is 5. The molecule has 2 unspecified atom stereocenters. The van der Waals surface area contributed by atoms with Gasteiger partial charge in [-0.25, -0.2) is 44.9 Å². The molecule has 11 heterocycles. The first-order valence-electron chi connectivity index (χ1n) is 26.7. The third-order valence-electron chi connectivity index (χ3n) is 14.6. The first-order chi connectivity index (χ1) is 40.0. The molecule has 2 aliphatic rings. The van der Waals surface area contributed by atoms with Crippen LogP contribution < -0.4 is 20.4 Å². The maximum absolute atomic E-state index is 13.0. The van der Waals surface area contributed by atoms with Gasteiger partial charge in [0.2, 0.25) is 17.7 Å². The number of aromatic amines is 3. The van der Waals surface area contributed by atoms with Crippen molar-refractivity contribution in [2.45, 2.75) is 82.9 Å². The van der Waals surface area contributed by atoms with Gasteiger partial charge in [0.15, 0.2) is 17.5 Å². The van der Waals surface area contributed by atoms with Gasteiger partial charge in [-0.15, -0.1) is 0 Å². The van der Waals surface area contributed by atoms with E-state index in [0.717, 1.165) is 70.7 Å². The number of H-pyrrole nitrogens is 3. The zero-order chi connectivity index (χ0) is 60.1. The molecule has 5 N–H and O–H groups in total. The molecule has 0 aromatic carbocycles. The molecule has 0 saturated carbocycles. The summed E-state index contributed by atoms with van der Waals surface area (Å²) in [5.41, 5.74) is 2.75. The molecule has 21 nitrogen and oxygen atoms in total. The van der Waals surface area contributed by atoms with E-state index in [1.807, 2.05) is 62.7 Å². The predicted octanol–water partition coefficient (Wildman–Crippen LogP) is 9.90. The number of rotatable bonds is 13. The predicted molar refractivity (Wildman–Crippen MR) is 310 cm³/mol. The number of anilines is 3. The highest BCUT2D eigenvalue weighted by Gasteiger charge is 2.46. The van der Waals surface area contributed by atoms with Crippen LogP contribution in [0.1, 0.15) is 56.2 Å². The first kappa shape index (κ1) is 59.6. The molecular weight excluding hydrogens is 1120 g/mol. The molecule has 9 aromatic rings. The van der Waals surface area contributed by atoms with E-state index in [0.29, 0.717) is 76.3 Å². The minimum Gasteiger partial charge on any atom is -0.359 e. The van der Waals surface area contributed by atoms with E-state index < -0.39 is 54.4 Å². The van der Waals surface area contributed by atoms with Crippen molar-refractivity contribution in [1.82, 2.24) is 74.9 Å². The zero-order valence-corrected chi connectivity index (χ0v) is 47.2. The SMILES string of the molecule is CC1(C(=O)NCC(F)(F)F)CCCN1c1ccnc(-c2c[nH]c3ncccc23)n1.CCN(C)C(=O)C1(C)CCCN1c1ccnc(-c2c[nH]c3ncc(Cl)cc23)n1.C[C@@H](Nc1ccnc(-c2c[nH]c3ncccc23)n1)C(=O)N(C)CC(F)(F)F.[HH].[HH]. The lowest BCUT2D eigenvalue weighted by molar-refractivity contribution is -0.158. The van der Waals surface area contributed by atoms with Crippen molar-refractivity contribution < 1.29 is 43.6 Å². The molecule has 3 amide bonds. The number of nitrogens with zero attached hydrogens (tertiary/aromatic N) is 13. The number of fused-ring (bicyclic) bond motifs is 3. The van der Waals surface area contributed by atoms with Crippen LogP contribution >= 0.6 is 11.6 Å². The molecule has 0 bridgehead atoms.